The molecule has 3 heterocycles. The molecule has 188 valence electrons. The van der Waals surface area contributed by atoms with Crippen molar-refractivity contribution in [2.75, 3.05) is 0 Å². The SMILES string of the molecule is Cc1ccnc(-n2c3cc(C)ccc3c3ccc(Oc4cc(C5CCCC5)c5cccc(O)c5n4)cc32)c1. The Morgan fingerprint density at radius 3 is 2.39 bits per heavy atom. The van der Waals surface area contributed by atoms with Crippen molar-refractivity contribution in [3.05, 3.63) is 95.7 Å². The summed E-state index contributed by atoms with van der Waals surface area (Å²) in [5, 5.41) is 14.0. The number of phenols is 1. The summed E-state index contributed by atoms with van der Waals surface area (Å²) in [7, 11) is 0. The number of aromatic hydroxyl groups is 1. The van der Waals surface area contributed by atoms with Gasteiger partial charge in [-0.1, -0.05) is 37.1 Å². The normalized spacial score (nSPS) is 14.2. The van der Waals surface area contributed by atoms with E-state index in [0.717, 1.165) is 46.0 Å². The molecule has 1 saturated carbocycles. The first-order valence-corrected chi connectivity index (χ1v) is 13.3. The van der Waals surface area contributed by atoms with E-state index in [1.165, 1.54) is 29.4 Å². The number of nitrogens with zero attached hydrogens (tertiary/aromatic N) is 3. The molecule has 0 radical (unpaired) electrons. The number of phenolic OH excluding ortho intramolecular Hbond substituents is 1. The Morgan fingerprint density at radius 1 is 0.816 bits per heavy atom. The monoisotopic (exact) mass is 499 g/mol. The molecule has 1 aliphatic rings. The zero-order chi connectivity index (χ0) is 25.8. The first kappa shape index (κ1) is 22.8. The highest BCUT2D eigenvalue weighted by Gasteiger charge is 2.22. The lowest BCUT2D eigenvalue weighted by molar-refractivity contribution is 0.459. The summed E-state index contributed by atoms with van der Waals surface area (Å²) >= 11 is 0. The van der Waals surface area contributed by atoms with Crippen LogP contribution in [0.5, 0.6) is 17.4 Å². The number of fused-ring (bicyclic) bond motifs is 4. The highest BCUT2D eigenvalue weighted by atomic mass is 16.5. The van der Waals surface area contributed by atoms with Crippen LogP contribution in [0.1, 0.15) is 48.3 Å². The minimum absolute atomic E-state index is 0.184. The van der Waals surface area contributed by atoms with Gasteiger partial charge < -0.3 is 9.84 Å². The lowest BCUT2D eigenvalue weighted by atomic mass is 9.94. The van der Waals surface area contributed by atoms with Gasteiger partial charge in [0, 0.05) is 34.5 Å². The van der Waals surface area contributed by atoms with Crippen LogP contribution in [-0.4, -0.2) is 19.6 Å². The van der Waals surface area contributed by atoms with Crippen LogP contribution < -0.4 is 4.74 Å². The van der Waals surface area contributed by atoms with Gasteiger partial charge in [-0.25, -0.2) is 9.97 Å². The topological polar surface area (TPSA) is 60.2 Å². The van der Waals surface area contributed by atoms with Crippen molar-refractivity contribution in [1.29, 1.82) is 0 Å². The van der Waals surface area contributed by atoms with Gasteiger partial charge in [0.05, 0.1) is 11.0 Å². The summed E-state index contributed by atoms with van der Waals surface area (Å²) in [4.78, 5) is 9.44. The fraction of sp³-hybridized carbons (Fsp3) is 0.212. The lowest BCUT2D eigenvalue weighted by Gasteiger charge is -2.16. The number of hydrogen-bond donors (Lipinski definition) is 1. The maximum atomic E-state index is 10.6. The van der Waals surface area contributed by atoms with E-state index in [0.29, 0.717) is 23.1 Å². The van der Waals surface area contributed by atoms with Crippen molar-refractivity contribution in [3.63, 3.8) is 0 Å². The van der Waals surface area contributed by atoms with Gasteiger partial charge >= 0.3 is 0 Å². The van der Waals surface area contributed by atoms with E-state index in [9.17, 15) is 5.11 Å². The van der Waals surface area contributed by atoms with E-state index in [-0.39, 0.29) is 5.75 Å². The number of pyridine rings is 2. The van der Waals surface area contributed by atoms with Crippen LogP contribution in [0.15, 0.2) is 79.0 Å². The number of aromatic nitrogens is 3. The molecular weight excluding hydrogens is 470 g/mol. The Labute approximate surface area is 221 Å². The highest BCUT2D eigenvalue weighted by Crippen LogP contribution is 2.41. The maximum Gasteiger partial charge on any atom is 0.220 e. The molecular formula is C33H29N3O2. The van der Waals surface area contributed by atoms with E-state index in [2.05, 4.69) is 66.9 Å². The van der Waals surface area contributed by atoms with Gasteiger partial charge in [0.2, 0.25) is 5.88 Å². The number of ether oxygens (including phenoxy) is 1. The second kappa shape index (κ2) is 8.88. The molecule has 1 N–H and O–H groups in total. The Bertz CT molecular complexity index is 1850. The second-order valence-corrected chi connectivity index (χ2v) is 10.5. The van der Waals surface area contributed by atoms with Crippen molar-refractivity contribution in [2.24, 2.45) is 0 Å². The van der Waals surface area contributed by atoms with Crippen molar-refractivity contribution < 1.29 is 9.84 Å². The third-order valence-electron chi connectivity index (χ3n) is 7.87. The molecule has 3 aromatic heterocycles. The number of hydrogen-bond acceptors (Lipinski definition) is 4. The van der Waals surface area contributed by atoms with Gasteiger partial charge in [-0.05, 0) is 85.7 Å². The predicted molar refractivity (Wildman–Crippen MR) is 153 cm³/mol. The molecule has 0 amide bonds. The van der Waals surface area contributed by atoms with Crippen molar-refractivity contribution in [1.82, 2.24) is 14.5 Å². The largest absolute Gasteiger partial charge is 0.506 e. The molecule has 0 atom stereocenters. The molecule has 0 unspecified atom stereocenters. The predicted octanol–water partition coefficient (Wildman–Crippen LogP) is 8.50. The third kappa shape index (κ3) is 3.77. The van der Waals surface area contributed by atoms with Gasteiger partial charge in [-0.15, -0.1) is 0 Å². The van der Waals surface area contributed by atoms with E-state index in [1.54, 1.807) is 6.07 Å². The number of para-hydroxylation sites is 1. The zero-order valence-electron chi connectivity index (χ0n) is 21.6. The summed E-state index contributed by atoms with van der Waals surface area (Å²) in [5.41, 5.74) is 6.32. The fourth-order valence-corrected chi connectivity index (χ4v) is 6.04. The van der Waals surface area contributed by atoms with E-state index in [1.807, 2.05) is 24.4 Å². The molecule has 1 fully saturated rings. The van der Waals surface area contributed by atoms with Gasteiger partial charge in [0.25, 0.3) is 0 Å². The van der Waals surface area contributed by atoms with Gasteiger partial charge in [0.1, 0.15) is 22.8 Å². The van der Waals surface area contributed by atoms with Crippen molar-refractivity contribution in [3.8, 4) is 23.2 Å². The first-order chi connectivity index (χ1) is 18.5. The molecule has 0 saturated heterocycles. The van der Waals surface area contributed by atoms with Gasteiger partial charge in [0.15, 0.2) is 0 Å². The summed E-state index contributed by atoms with van der Waals surface area (Å²) in [5.74, 6) is 2.73. The van der Waals surface area contributed by atoms with Crippen LogP contribution in [0.2, 0.25) is 0 Å². The van der Waals surface area contributed by atoms with Crippen LogP contribution in [0.3, 0.4) is 0 Å². The van der Waals surface area contributed by atoms with Crippen LogP contribution in [0.4, 0.5) is 0 Å². The average molecular weight is 500 g/mol. The van der Waals surface area contributed by atoms with Gasteiger partial charge in [-0.3, -0.25) is 4.57 Å². The van der Waals surface area contributed by atoms with Crippen LogP contribution >= 0.6 is 0 Å². The first-order valence-electron chi connectivity index (χ1n) is 13.3. The minimum atomic E-state index is 0.184. The second-order valence-electron chi connectivity index (χ2n) is 10.5. The molecule has 0 bridgehead atoms. The molecule has 0 spiro atoms. The molecule has 6 aromatic rings. The van der Waals surface area contributed by atoms with E-state index >= 15 is 0 Å². The molecule has 3 aromatic carbocycles. The maximum absolute atomic E-state index is 10.6. The highest BCUT2D eigenvalue weighted by molar-refractivity contribution is 6.09. The van der Waals surface area contributed by atoms with E-state index in [4.69, 9.17) is 14.7 Å². The molecule has 38 heavy (non-hydrogen) atoms. The number of aryl methyl sites for hydroxylation is 2. The number of rotatable bonds is 4. The molecule has 5 heteroatoms. The quantitative estimate of drug-likeness (QED) is 0.264. The number of benzene rings is 3. The third-order valence-corrected chi connectivity index (χ3v) is 7.87. The smallest absolute Gasteiger partial charge is 0.220 e. The molecule has 0 aliphatic heterocycles. The lowest BCUT2D eigenvalue weighted by Crippen LogP contribution is -1.99. The Balaban J connectivity index is 1.39. The minimum Gasteiger partial charge on any atom is -0.506 e. The fourth-order valence-electron chi connectivity index (χ4n) is 6.04. The molecule has 5 nitrogen and oxygen atoms in total. The Morgan fingerprint density at radius 2 is 1.58 bits per heavy atom. The van der Waals surface area contributed by atoms with Crippen LogP contribution in [0, 0.1) is 13.8 Å². The Kier molecular flexibility index (Phi) is 5.32. The Hall–Kier alpha value is -4.38. The molecule has 7 rings (SSSR count). The van der Waals surface area contributed by atoms with Crippen molar-refractivity contribution >= 4 is 32.7 Å². The van der Waals surface area contributed by atoms with Crippen LogP contribution in [0.25, 0.3) is 38.5 Å². The summed E-state index contributed by atoms with van der Waals surface area (Å²) in [6.07, 6.45) is 6.63. The summed E-state index contributed by atoms with van der Waals surface area (Å²) < 4.78 is 8.64. The summed E-state index contributed by atoms with van der Waals surface area (Å²) in [6.45, 7) is 4.20. The standard InChI is InChI=1S/C33H29N3O2/c1-20-10-12-24-25-13-11-23(18-29(25)36(28(24)16-20)31-17-21(2)14-15-34-31)38-32-19-27(22-6-3-4-7-22)26-8-5-9-30(37)33(26)35-32/h5,8-19,22,37H,3-4,6-7H2,1-2H3. The average Bonchev–Trinajstić information content (AvgIpc) is 3.55. The van der Waals surface area contributed by atoms with Crippen molar-refractivity contribution in [2.45, 2.75) is 45.4 Å². The zero-order valence-corrected chi connectivity index (χ0v) is 21.6. The van der Waals surface area contributed by atoms with Crippen LogP contribution in [-0.2, 0) is 0 Å². The van der Waals surface area contributed by atoms with E-state index < -0.39 is 0 Å². The summed E-state index contributed by atoms with van der Waals surface area (Å²) in [6, 6.07) is 24.6. The van der Waals surface area contributed by atoms with Gasteiger partial charge in [-0.2, -0.15) is 0 Å². The molecule has 1 aliphatic carbocycles.